The molecule has 0 amide bonds. The lowest BCUT2D eigenvalue weighted by Gasteiger charge is -2.33. The van der Waals surface area contributed by atoms with Crippen LogP contribution in [0.2, 0.25) is 0 Å². The van der Waals surface area contributed by atoms with Crippen LogP contribution in [0, 0.1) is 5.41 Å². The Morgan fingerprint density at radius 3 is 2.71 bits per heavy atom. The molecule has 1 saturated carbocycles. The van der Waals surface area contributed by atoms with Gasteiger partial charge in [0.2, 0.25) is 0 Å². The maximum absolute atomic E-state index is 12.2. The summed E-state index contributed by atoms with van der Waals surface area (Å²) in [4.78, 5) is 26.1. The van der Waals surface area contributed by atoms with Crippen LogP contribution in [0.3, 0.4) is 0 Å². The highest BCUT2D eigenvalue weighted by atomic mass is 16.4. The van der Waals surface area contributed by atoms with E-state index in [2.05, 4.69) is 11.9 Å². The maximum atomic E-state index is 12.2. The largest absolute Gasteiger partial charge is 0.478 e. The number of hydrogen-bond acceptors (Lipinski definition) is 2. The number of rotatable bonds is 3. The van der Waals surface area contributed by atoms with Crippen molar-refractivity contribution in [2.75, 3.05) is 0 Å². The zero-order valence-electron chi connectivity index (χ0n) is 12.2. The van der Waals surface area contributed by atoms with Gasteiger partial charge in [0.1, 0.15) is 0 Å². The zero-order valence-corrected chi connectivity index (χ0v) is 12.2. The van der Waals surface area contributed by atoms with E-state index in [1.54, 1.807) is 16.7 Å². The van der Waals surface area contributed by atoms with Crippen LogP contribution >= 0.6 is 0 Å². The summed E-state index contributed by atoms with van der Waals surface area (Å²) in [6.45, 7) is 2.87. The topological polar surface area (TPSA) is 75.1 Å². The van der Waals surface area contributed by atoms with Gasteiger partial charge in [-0.2, -0.15) is 0 Å². The Morgan fingerprint density at radius 1 is 1.33 bits per heavy atom. The molecule has 1 aromatic carbocycles. The normalized spacial score (nSPS) is 18.0. The third kappa shape index (κ3) is 2.60. The molecule has 0 spiro atoms. The molecule has 0 saturated heterocycles. The molecule has 1 fully saturated rings. The highest BCUT2D eigenvalue weighted by Gasteiger charge is 2.28. The molecule has 21 heavy (non-hydrogen) atoms. The predicted molar refractivity (Wildman–Crippen MR) is 80.7 cm³/mol. The monoisotopic (exact) mass is 288 g/mol. The van der Waals surface area contributed by atoms with Gasteiger partial charge in [0, 0.05) is 6.54 Å². The highest BCUT2D eigenvalue weighted by molar-refractivity contribution is 5.92. The predicted octanol–water partition coefficient (Wildman–Crippen LogP) is 3.00. The van der Waals surface area contributed by atoms with E-state index in [0.717, 1.165) is 12.8 Å². The van der Waals surface area contributed by atoms with Crippen molar-refractivity contribution in [2.45, 2.75) is 45.6 Å². The van der Waals surface area contributed by atoms with Crippen LogP contribution in [0.5, 0.6) is 0 Å². The van der Waals surface area contributed by atoms with Crippen LogP contribution in [0.4, 0.5) is 0 Å². The molecule has 2 N–H and O–H groups in total. The molecule has 1 aliphatic rings. The van der Waals surface area contributed by atoms with E-state index in [1.807, 2.05) is 0 Å². The van der Waals surface area contributed by atoms with Gasteiger partial charge in [0.05, 0.1) is 16.6 Å². The number of fused-ring (bicyclic) bond motifs is 1. The number of hydrogen-bond donors (Lipinski definition) is 2. The summed E-state index contributed by atoms with van der Waals surface area (Å²) in [5, 5.41) is 9.12. The molecule has 0 atom stereocenters. The zero-order chi connectivity index (χ0) is 15.0. The molecular weight excluding hydrogens is 268 g/mol. The van der Waals surface area contributed by atoms with Crippen LogP contribution in [0.15, 0.2) is 23.0 Å². The summed E-state index contributed by atoms with van der Waals surface area (Å²) in [5.41, 5.74) is 1.57. The molecule has 0 unspecified atom stereocenters. The molecule has 0 aliphatic heterocycles. The van der Waals surface area contributed by atoms with Gasteiger partial charge in [-0.15, -0.1) is 0 Å². The number of aromatic amines is 1. The number of H-pyrrole nitrogens is 1. The lowest BCUT2D eigenvalue weighted by molar-refractivity contribution is 0.0697. The summed E-state index contributed by atoms with van der Waals surface area (Å²) in [7, 11) is 0. The molecule has 5 nitrogen and oxygen atoms in total. The molecule has 112 valence electrons. The first-order chi connectivity index (χ1) is 9.98. The minimum atomic E-state index is -0.971. The van der Waals surface area contributed by atoms with Crippen molar-refractivity contribution in [3.8, 4) is 0 Å². The SMILES string of the molecule is CC1(Cn2c(=O)[nH]c3ccc(C(=O)O)cc32)CCCCC1. The second kappa shape index (κ2) is 5.06. The van der Waals surface area contributed by atoms with E-state index in [0.29, 0.717) is 17.6 Å². The Balaban J connectivity index is 2.04. The number of nitrogens with one attached hydrogen (secondary N) is 1. The second-order valence-electron chi connectivity index (χ2n) is 6.42. The van der Waals surface area contributed by atoms with Crippen molar-refractivity contribution < 1.29 is 9.90 Å². The number of carboxylic acid groups (broad SMARTS) is 1. The Hall–Kier alpha value is -2.04. The second-order valence-corrected chi connectivity index (χ2v) is 6.42. The van der Waals surface area contributed by atoms with E-state index < -0.39 is 5.97 Å². The number of nitrogens with zero attached hydrogens (tertiary/aromatic N) is 1. The van der Waals surface area contributed by atoms with Gasteiger partial charge >= 0.3 is 11.7 Å². The van der Waals surface area contributed by atoms with E-state index in [1.165, 1.54) is 25.3 Å². The van der Waals surface area contributed by atoms with Gasteiger partial charge in [-0.3, -0.25) is 4.57 Å². The third-order valence-electron chi connectivity index (χ3n) is 4.62. The fourth-order valence-electron chi connectivity index (χ4n) is 3.39. The smallest absolute Gasteiger partial charge is 0.335 e. The number of carbonyl (C=O) groups is 1. The third-order valence-corrected chi connectivity index (χ3v) is 4.62. The number of carboxylic acids is 1. The Morgan fingerprint density at radius 2 is 2.05 bits per heavy atom. The van der Waals surface area contributed by atoms with Crippen molar-refractivity contribution in [3.05, 3.63) is 34.2 Å². The van der Waals surface area contributed by atoms with Crippen LogP contribution in [0.25, 0.3) is 11.0 Å². The molecule has 1 aromatic heterocycles. The summed E-state index contributed by atoms with van der Waals surface area (Å²) < 4.78 is 1.70. The minimum Gasteiger partial charge on any atom is -0.478 e. The van der Waals surface area contributed by atoms with Crippen molar-refractivity contribution in [1.29, 1.82) is 0 Å². The van der Waals surface area contributed by atoms with E-state index in [9.17, 15) is 9.59 Å². The average Bonchev–Trinajstić information content (AvgIpc) is 2.75. The fourth-order valence-corrected chi connectivity index (χ4v) is 3.39. The number of benzene rings is 1. The summed E-state index contributed by atoms with van der Waals surface area (Å²) in [6.07, 6.45) is 5.90. The Bertz CT molecular complexity index is 736. The van der Waals surface area contributed by atoms with Crippen LogP contribution < -0.4 is 5.69 Å². The van der Waals surface area contributed by atoms with Gasteiger partial charge in [-0.1, -0.05) is 26.2 Å². The van der Waals surface area contributed by atoms with Crippen molar-refractivity contribution in [3.63, 3.8) is 0 Å². The first kappa shape index (κ1) is 13.9. The van der Waals surface area contributed by atoms with Gasteiger partial charge in [-0.05, 0) is 36.5 Å². The summed E-state index contributed by atoms with van der Waals surface area (Å²) >= 11 is 0. The van der Waals surface area contributed by atoms with Crippen molar-refractivity contribution in [1.82, 2.24) is 9.55 Å². The molecule has 3 rings (SSSR count). The lowest BCUT2D eigenvalue weighted by atomic mass is 9.75. The van der Waals surface area contributed by atoms with Crippen LogP contribution in [-0.4, -0.2) is 20.6 Å². The van der Waals surface area contributed by atoms with E-state index in [4.69, 9.17) is 5.11 Å². The molecule has 0 bridgehead atoms. The lowest BCUT2D eigenvalue weighted by Crippen LogP contribution is -2.30. The maximum Gasteiger partial charge on any atom is 0.335 e. The van der Waals surface area contributed by atoms with Gasteiger partial charge < -0.3 is 10.1 Å². The first-order valence-electron chi connectivity index (χ1n) is 7.44. The molecule has 2 aromatic rings. The summed E-state index contributed by atoms with van der Waals surface area (Å²) in [6, 6.07) is 4.77. The average molecular weight is 288 g/mol. The van der Waals surface area contributed by atoms with Gasteiger partial charge in [-0.25, -0.2) is 9.59 Å². The number of aromatic nitrogens is 2. The highest BCUT2D eigenvalue weighted by Crippen LogP contribution is 2.37. The van der Waals surface area contributed by atoms with Gasteiger partial charge in [0.25, 0.3) is 0 Å². The molecule has 1 aliphatic carbocycles. The molecular formula is C16H20N2O3. The molecule has 0 radical (unpaired) electrons. The quantitative estimate of drug-likeness (QED) is 0.911. The molecule has 5 heteroatoms. The Kier molecular flexibility index (Phi) is 3.35. The number of imidazole rings is 1. The van der Waals surface area contributed by atoms with Crippen LogP contribution in [-0.2, 0) is 6.54 Å². The standard InChI is InChI=1S/C16H20N2O3/c1-16(7-3-2-4-8-16)10-18-13-9-11(14(19)20)5-6-12(13)17-15(18)21/h5-6,9H,2-4,7-8,10H2,1H3,(H,17,21)(H,19,20). The van der Waals surface area contributed by atoms with E-state index >= 15 is 0 Å². The minimum absolute atomic E-state index is 0.121. The Labute approximate surface area is 122 Å². The fraction of sp³-hybridized carbons (Fsp3) is 0.500. The van der Waals surface area contributed by atoms with Crippen molar-refractivity contribution in [2.24, 2.45) is 5.41 Å². The van der Waals surface area contributed by atoms with Gasteiger partial charge in [0.15, 0.2) is 0 Å². The van der Waals surface area contributed by atoms with Crippen molar-refractivity contribution >= 4 is 17.0 Å². The van der Waals surface area contributed by atoms with Crippen LogP contribution in [0.1, 0.15) is 49.4 Å². The molecule has 1 heterocycles. The first-order valence-corrected chi connectivity index (χ1v) is 7.44. The number of aromatic carboxylic acids is 1. The van der Waals surface area contributed by atoms with E-state index in [-0.39, 0.29) is 16.7 Å². The summed E-state index contributed by atoms with van der Waals surface area (Å²) in [5.74, 6) is -0.971.